The number of alkyl halides is 3. The van der Waals surface area contributed by atoms with Crippen molar-refractivity contribution >= 4 is 24.8 Å². The number of hydrogen-bond donors (Lipinski definition) is 2. The third-order valence-corrected chi connectivity index (χ3v) is 6.11. The Hall–Kier alpha value is -0.730. The summed E-state index contributed by atoms with van der Waals surface area (Å²) in [4.78, 5) is 2.38. The summed E-state index contributed by atoms with van der Waals surface area (Å²) >= 11 is 0. The second-order valence-electron chi connectivity index (χ2n) is 8.06. The first-order chi connectivity index (χ1) is 13.4. The van der Waals surface area contributed by atoms with Gasteiger partial charge in [-0.1, -0.05) is 31.9 Å². The Morgan fingerprint density at radius 1 is 1.23 bits per heavy atom. The second-order valence-corrected chi connectivity index (χ2v) is 8.06. The van der Waals surface area contributed by atoms with Gasteiger partial charge in [0.1, 0.15) is 5.75 Å². The summed E-state index contributed by atoms with van der Waals surface area (Å²) in [6.45, 7) is 5.65. The smallest absolute Gasteiger partial charge is 0.406 e. The number of nitrogens with zero attached hydrogens (tertiary/aromatic N) is 1. The summed E-state index contributed by atoms with van der Waals surface area (Å²) in [6, 6.07) is 6.76. The van der Waals surface area contributed by atoms with Crippen LogP contribution in [0.1, 0.15) is 50.5 Å². The summed E-state index contributed by atoms with van der Waals surface area (Å²) in [5.74, 6) is -0.139. The lowest BCUT2D eigenvalue weighted by molar-refractivity contribution is -0.274. The standard InChI is InChI=1S/C21H31F3N2O2.2ClH/c1-2-16-13-26(11-10-25-16)14-19(18-8-3-4-9-20(18)27)15-6-5-7-17(12-15)28-21(22,23)24;;/h5-7,12,16,18-20,25,27H,2-4,8-11,13-14H2,1H3;2*1H/t16?,18?,19-,20?;;/m1../s1. The number of piperazine rings is 1. The van der Waals surface area contributed by atoms with Crippen LogP contribution in [0.5, 0.6) is 5.75 Å². The van der Waals surface area contributed by atoms with Gasteiger partial charge in [-0.05, 0) is 42.9 Å². The normalized spacial score (nSPS) is 26.2. The molecule has 3 rings (SSSR count). The Morgan fingerprint density at radius 3 is 2.63 bits per heavy atom. The predicted octanol–water partition coefficient (Wildman–Crippen LogP) is 4.75. The van der Waals surface area contributed by atoms with E-state index >= 15 is 0 Å². The fraction of sp³-hybridized carbons (Fsp3) is 0.714. The van der Waals surface area contributed by atoms with Gasteiger partial charge in [-0.2, -0.15) is 0 Å². The van der Waals surface area contributed by atoms with Crippen LogP contribution in [0.2, 0.25) is 0 Å². The Morgan fingerprint density at radius 2 is 1.97 bits per heavy atom. The fourth-order valence-electron chi connectivity index (χ4n) is 4.65. The van der Waals surface area contributed by atoms with Crippen molar-refractivity contribution < 1.29 is 23.0 Å². The van der Waals surface area contributed by atoms with E-state index in [0.29, 0.717) is 6.04 Å². The maximum Gasteiger partial charge on any atom is 0.573 e. The number of nitrogens with one attached hydrogen (secondary N) is 1. The van der Waals surface area contributed by atoms with Gasteiger partial charge in [0.05, 0.1) is 6.10 Å². The van der Waals surface area contributed by atoms with Crippen LogP contribution in [0.15, 0.2) is 24.3 Å². The molecule has 2 aliphatic rings. The van der Waals surface area contributed by atoms with Gasteiger partial charge in [0, 0.05) is 38.1 Å². The molecule has 1 aliphatic heterocycles. The zero-order valence-corrected chi connectivity index (χ0v) is 18.9. The van der Waals surface area contributed by atoms with E-state index in [4.69, 9.17) is 0 Å². The molecule has 1 aliphatic carbocycles. The molecule has 0 spiro atoms. The Bertz CT molecular complexity index is 637. The molecule has 4 nitrogen and oxygen atoms in total. The molecule has 1 heterocycles. The largest absolute Gasteiger partial charge is 0.573 e. The molecular weight excluding hydrogens is 440 g/mol. The zero-order valence-electron chi connectivity index (χ0n) is 17.2. The number of benzene rings is 1. The average molecular weight is 473 g/mol. The molecule has 30 heavy (non-hydrogen) atoms. The van der Waals surface area contributed by atoms with Gasteiger partial charge >= 0.3 is 6.36 Å². The molecule has 1 saturated heterocycles. The third-order valence-electron chi connectivity index (χ3n) is 6.11. The highest BCUT2D eigenvalue weighted by Crippen LogP contribution is 2.38. The lowest BCUT2D eigenvalue weighted by Crippen LogP contribution is -2.52. The maximum absolute atomic E-state index is 12.7. The molecule has 0 aromatic heterocycles. The van der Waals surface area contributed by atoms with Crippen LogP contribution in [0.4, 0.5) is 13.2 Å². The van der Waals surface area contributed by atoms with Gasteiger partial charge in [-0.3, -0.25) is 4.90 Å². The monoisotopic (exact) mass is 472 g/mol. The molecule has 3 unspecified atom stereocenters. The van der Waals surface area contributed by atoms with Crippen molar-refractivity contribution in [3.8, 4) is 5.75 Å². The second kappa shape index (κ2) is 12.3. The third kappa shape index (κ3) is 7.75. The van der Waals surface area contributed by atoms with Crippen LogP contribution in [-0.2, 0) is 0 Å². The highest BCUT2D eigenvalue weighted by Gasteiger charge is 2.35. The van der Waals surface area contributed by atoms with Crippen LogP contribution in [0.25, 0.3) is 0 Å². The minimum Gasteiger partial charge on any atom is -0.406 e. The van der Waals surface area contributed by atoms with Crippen LogP contribution in [0.3, 0.4) is 0 Å². The van der Waals surface area contributed by atoms with Crippen molar-refractivity contribution in [3.63, 3.8) is 0 Å². The van der Waals surface area contributed by atoms with E-state index < -0.39 is 12.5 Å². The van der Waals surface area contributed by atoms with Gasteiger partial charge in [-0.15, -0.1) is 38.0 Å². The number of rotatable bonds is 6. The minimum absolute atomic E-state index is 0. The van der Waals surface area contributed by atoms with E-state index in [1.165, 1.54) is 12.1 Å². The van der Waals surface area contributed by atoms with Crippen molar-refractivity contribution in [1.29, 1.82) is 0 Å². The summed E-state index contributed by atoms with van der Waals surface area (Å²) in [5, 5.41) is 14.1. The van der Waals surface area contributed by atoms with E-state index in [1.54, 1.807) is 6.07 Å². The van der Waals surface area contributed by atoms with E-state index in [9.17, 15) is 18.3 Å². The topological polar surface area (TPSA) is 44.7 Å². The average Bonchev–Trinajstić information content (AvgIpc) is 2.66. The maximum atomic E-state index is 12.7. The molecule has 2 fully saturated rings. The highest BCUT2D eigenvalue weighted by atomic mass is 35.5. The number of aliphatic hydroxyl groups is 1. The Balaban J connectivity index is 0.00000225. The summed E-state index contributed by atoms with van der Waals surface area (Å²) in [6.07, 6.45) is -0.342. The molecule has 0 bridgehead atoms. The number of halogens is 5. The van der Waals surface area contributed by atoms with Crippen LogP contribution < -0.4 is 10.1 Å². The van der Waals surface area contributed by atoms with Crippen LogP contribution in [0, 0.1) is 5.92 Å². The van der Waals surface area contributed by atoms with E-state index in [0.717, 1.165) is 63.8 Å². The molecular formula is C21H33Cl2F3N2O2. The van der Waals surface area contributed by atoms with E-state index in [2.05, 4.69) is 21.9 Å². The molecule has 1 aromatic carbocycles. The first-order valence-corrected chi connectivity index (χ1v) is 10.3. The number of ether oxygens (including phenoxy) is 1. The number of aliphatic hydroxyl groups excluding tert-OH is 1. The van der Waals surface area contributed by atoms with Gasteiger partial charge in [0.2, 0.25) is 0 Å². The SMILES string of the molecule is CCC1CN(C[C@H](c2cccc(OC(F)(F)F)c2)C2CCCCC2O)CCN1.Cl.Cl. The van der Waals surface area contributed by atoms with Crippen molar-refractivity contribution in [3.05, 3.63) is 29.8 Å². The van der Waals surface area contributed by atoms with E-state index in [-0.39, 0.29) is 42.4 Å². The van der Waals surface area contributed by atoms with Crippen molar-refractivity contribution in [2.45, 2.75) is 63.5 Å². The lowest BCUT2D eigenvalue weighted by atomic mass is 9.74. The fourth-order valence-corrected chi connectivity index (χ4v) is 4.65. The number of hydrogen-bond acceptors (Lipinski definition) is 4. The molecule has 174 valence electrons. The quantitative estimate of drug-likeness (QED) is 0.626. The van der Waals surface area contributed by atoms with Gasteiger partial charge in [0.25, 0.3) is 0 Å². The molecule has 2 N–H and O–H groups in total. The summed E-state index contributed by atoms with van der Waals surface area (Å²) in [5.41, 5.74) is 0.819. The Kier molecular flexibility index (Phi) is 11.2. The summed E-state index contributed by atoms with van der Waals surface area (Å²) in [7, 11) is 0. The first kappa shape index (κ1) is 27.3. The van der Waals surface area contributed by atoms with Crippen molar-refractivity contribution in [1.82, 2.24) is 10.2 Å². The Labute approximate surface area is 189 Å². The molecule has 0 radical (unpaired) electrons. The zero-order chi connectivity index (χ0) is 20.1. The van der Waals surface area contributed by atoms with E-state index in [1.807, 2.05) is 6.07 Å². The molecule has 4 atom stereocenters. The molecule has 1 aromatic rings. The van der Waals surface area contributed by atoms with Crippen molar-refractivity contribution in [2.75, 3.05) is 26.2 Å². The molecule has 1 saturated carbocycles. The van der Waals surface area contributed by atoms with Crippen LogP contribution >= 0.6 is 24.8 Å². The van der Waals surface area contributed by atoms with Gasteiger partial charge in [0.15, 0.2) is 0 Å². The van der Waals surface area contributed by atoms with Crippen LogP contribution in [-0.4, -0.2) is 54.7 Å². The van der Waals surface area contributed by atoms with Gasteiger partial charge in [-0.25, -0.2) is 0 Å². The predicted molar refractivity (Wildman–Crippen MR) is 117 cm³/mol. The first-order valence-electron chi connectivity index (χ1n) is 10.3. The summed E-state index contributed by atoms with van der Waals surface area (Å²) < 4.78 is 42.1. The minimum atomic E-state index is -4.70. The highest BCUT2D eigenvalue weighted by molar-refractivity contribution is 5.85. The van der Waals surface area contributed by atoms with Crippen molar-refractivity contribution in [2.24, 2.45) is 5.92 Å². The molecule has 9 heteroatoms. The molecule has 0 amide bonds. The lowest BCUT2D eigenvalue weighted by Gasteiger charge is -2.40. The van der Waals surface area contributed by atoms with Gasteiger partial charge < -0.3 is 15.2 Å².